The monoisotopic (exact) mass is 231 g/mol. The molecule has 0 saturated carbocycles. The highest BCUT2D eigenvalue weighted by atomic mass is 35.5. The van der Waals surface area contributed by atoms with Crippen LogP contribution in [0.3, 0.4) is 0 Å². The van der Waals surface area contributed by atoms with Gasteiger partial charge in [-0.05, 0) is 0 Å². The summed E-state index contributed by atoms with van der Waals surface area (Å²) < 4.78 is 0. The van der Waals surface area contributed by atoms with Crippen LogP contribution in [0.2, 0.25) is 5.15 Å². The van der Waals surface area contributed by atoms with E-state index in [1.165, 1.54) is 6.20 Å². The van der Waals surface area contributed by atoms with Crippen molar-refractivity contribution in [3.05, 3.63) is 23.2 Å². The minimum absolute atomic E-state index is 0.0566. The predicted molar refractivity (Wildman–Crippen MR) is 56.5 cm³/mol. The number of aliphatic hydroxyl groups excluding tert-OH is 2. The van der Waals surface area contributed by atoms with Crippen LogP contribution in [-0.4, -0.2) is 51.4 Å². The van der Waals surface area contributed by atoms with Crippen LogP contribution in [0.15, 0.2) is 12.4 Å². The molecule has 1 aromatic heterocycles. The van der Waals surface area contributed by atoms with E-state index < -0.39 is 0 Å². The average Bonchev–Trinajstić information content (AvgIpc) is 2.22. The zero-order valence-electron chi connectivity index (χ0n) is 8.30. The van der Waals surface area contributed by atoms with Gasteiger partial charge in [-0.25, -0.2) is 4.98 Å². The summed E-state index contributed by atoms with van der Waals surface area (Å²) in [5.41, 5.74) is 0.765. The predicted octanol–water partition coefficient (Wildman–Crippen LogP) is -0.0834. The molecule has 0 spiro atoms. The van der Waals surface area contributed by atoms with Gasteiger partial charge in [-0.3, -0.25) is 9.88 Å². The van der Waals surface area contributed by atoms with E-state index in [2.05, 4.69) is 9.97 Å². The Balaban J connectivity index is 2.53. The molecule has 0 amide bonds. The fraction of sp³-hybridized carbons (Fsp3) is 0.556. The molecular weight excluding hydrogens is 218 g/mol. The van der Waals surface area contributed by atoms with E-state index in [1.807, 2.05) is 4.90 Å². The molecule has 0 aliphatic heterocycles. The lowest BCUT2D eigenvalue weighted by molar-refractivity contribution is 0.154. The van der Waals surface area contributed by atoms with Gasteiger partial charge in [0.2, 0.25) is 0 Å². The normalized spacial score (nSPS) is 10.9. The lowest BCUT2D eigenvalue weighted by atomic mass is 10.4. The Morgan fingerprint density at radius 2 is 1.80 bits per heavy atom. The largest absolute Gasteiger partial charge is 0.395 e. The zero-order valence-corrected chi connectivity index (χ0v) is 9.06. The maximum Gasteiger partial charge on any atom is 0.147 e. The molecule has 0 saturated heterocycles. The molecular formula is C9H14ClN3O2. The van der Waals surface area contributed by atoms with Crippen molar-refractivity contribution in [2.45, 2.75) is 6.54 Å². The highest BCUT2D eigenvalue weighted by Crippen LogP contribution is 2.04. The zero-order chi connectivity index (χ0) is 11.1. The van der Waals surface area contributed by atoms with Gasteiger partial charge in [0, 0.05) is 19.6 Å². The molecule has 6 heteroatoms. The first-order valence-corrected chi connectivity index (χ1v) is 5.04. The van der Waals surface area contributed by atoms with Crippen LogP contribution in [0.5, 0.6) is 0 Å². The van der Waals surface area contributed by atoms with Gasteiger partial charge in [-0.15, -0.1) is 0 Å². The van der Waals surface area contributed by atoms with E-state index in [0.717, 1.165) is 5.69 Å². The van der Waals surface area contributed by atoms with Crippen LogP contribution in [-0.2, 0) is 6.54 Å². The molecule has 0 atom stereocenters. The third-order valence-corrected chi connectivity index (χ3v) is 2.09. The summed E-state index contributed by atoms with van der Waals surface area (Å²) in [7, 11) is 0. The van der Waals surface area contributed by atoms with Gasteiger partial charge < -0.3 is 10.2 Å². The van der Waals surface area contributed by atoms with Crippen molar-refractivity contribution < 1.29 is 10.2 Å². The summed E-state index contributed by atoms with van der Waals surface area (Å²) in [5.74, 6) is 0. The van der Waals surface area contributed by atoms with Crippen LogP contribution in [0.25, 0.3) is 0 Å². The topological polar surface area (TPSA) is 69.5 Å². The van der Waals surface area contributed by atoms with E-state index in [9.17, 15) is 0 Å². The Hall–Kier alpha value is -0.750. The number of hydrogen-bond acceptors (Lipinski definition) is 5. The molecule has 2 N–H and O–H groups in total. The van der Waals surface area contributed by atoms with E-state index >= 15 is 0 Å². The molecule has 0 aliphatic rings. The third kappa shape index (κ3) is 4.53. The van der Waals surface area contributed by atoms with Gasteiger partial charge in [0.1, 0.15) is 5.15 Å². The Morgan fingerprint density at radius 3 is 2.27 bits per heavy atom. The van der Waals surface area contributed by atoms with Crippen LogP contribution in [0.4, 0.5) is 0 Å². The number of rotatable bonds is 6. The molecule has 84 valence electrons. The highest BCUT2D eigenvalue weighted by Gasteiger charge is 2.05. The van der Waals surface area contributed by atoms with E-state index in [4.69, 9.17) is 21.8 Å². The summed E-state index contributed by atoms with van der Waals surface area (Å²) in [6, 6.07) is 0. The van der Waals surface area contributed by atoms with Crippen molar-refractivity contribution in [1.29, 1.82) is 0 Å². The summed E-state index contributed by atoms with van der Waals surface area (Å²) in [6.45, 7) is 1.67. The lowest BCUT2D eigenvalue weighted by Crippen LogP contribution is -2.29. The van der Waals surface area contributed by atoms with Gasteiger partial charge in [-0.1, -0.05) is 11.6 Å². The Labute approximate surface area is 93.3 Å². The lowest BCUT2D eigenvalue weighted by Gasteiger charge is -2.19. The van der Waals surface area contributed by atoms with Gasteiger partial charge in [0.05, 0.1) is 31.3 Å². The first kappa shape index (κ1) is 12.3. The molecule has 5 nitrogen and oxygen atoms in total. The number of nitrogens with zero attached hydrogens (tertiary/aromatic N) is 3. The fourth-order valence-corrected chi connectivity index (χ4v) is 1.30. The van der Waals surface area contributed by atoms with E-state index in [0.29, 0.717) is 24.8 Å². The summed E-state index contributed by atoms with van der Waals surface area (Å²) in [6.07, 6.45) is 3.07. The maximum atomic E-state index is 8.80. The average molecular weight is 232 g/mol. The molecule has 0 fully saturated rings. The second kappa shape index (κ2) is 6.68. The van der Waals surface area contributed by atoms with Crippen molar-refractivity contribution in [3.8, 4) is 0 Å². The first-order valence-electron chi connectivity index (χ1n) is 4.66. The number of aliphatic hydroxyl groups is 2. The minimum atomic E-state index is 0.0566. The highest BCUT2D eigenvalue weighted by molar-refractivity contribution is 6.29. The standard InChI is InChI=1S/C9H14ClN3O2/c10-9-6-11-8(5-12-9)7-13(1-3-14)2-4-15/h5-6,14-15H,1-4,7H2. The Morgan fingerprint density at radius 1 is 1.13 bits per heavy atom. The molecule has 0 unspecified atom stereocenters. The smallest absolute Gasteiger partial charge is 0.147 e. The molecule has 1 rings (SSSR count). The first-order chi connectivity index (χ1) is 7.26. The number of halogens is 1. The second-order valence-corrected chi connectivity index (χ2v) is 3.44. The van der Waals surface area contributed by atoms with Crippen molar-refractivity contribution >= 4 is 11.6 Å². The molecule has 1 heterocycles. The van der Waals surface area contributed by atoms with E-state index in [1.54, 1.807) is 6.20 Å². The fourth-order valence-electron chi connectivity index (χ4n) is 1.20. The van der Waals surface area contributed by atoms with Crippen molar-refractivity contribution in [2.24, 2.45) is 0 Å². The van der Waals surface area contributed by atoms with Crippen molar-refractivity contribution in [3.63, 3.8) is 0 Å². The van der Waals surface area contributed by atoms with Gasteiger partial charge >= 0.3 is 0 Å². The Bertz CT molecular complexity index is 275. The van der Waals surface area contributed by atoms with Gasteiger partial charge in [0.25, 0.3) is 0 Å². The number of aromatic nitrogens is 2. The quantitative estimate of drug-likeness (QED) is 0.717. The molecule has 15 heavy (non-hydrogen) atoms. The number of hydrogen-bond donors (Lipinski definition) is 2. The summed E-state index contributed by atoms with van der Waals surface area (Å²) >= 11 is 5.60. The van der Waals surface area contributed by atoms with E-state index in [-0.39, 0.29) is 13.2 Å². The maximum absolute atomic E-state index is 8.80. The SMILES string of the molecule is OCCN(CCO)Cc1cnc(Cl)cn1. The summed E-state index contributed by atoms with van der Waals surface area (Å²) in [4.78, 5) is 9.87. The van der Waals surface area contributed by atoms with Gasteiger partial charge in [0.15, 0.2) is 0 Å². The molecule has 0 aromatic carbocycles. The molecule has 0 radical (unpaired) electrons. The second-order valence-electron chi connectivity index (χ2n) is 3.05. The van der Waals surface area contributed by atoms with Crippen molar-refractivity contribution in [1.82, 2.24) is 14.9 Å². The molecule has 0 aliphatic carbocycles. The Kier molecular flexibility index (Phi) is 5.49. The van der Waals surface area contributed by atoms with Crippen LogP contribution >= 0.6 is 11.6 Å². The molecule has 1 aromatic rings. The molecule has 0 bridgehead atoms. The minimum Gasteiger partial charge on any atom is -0.395 e. The van der Waals surface area contributed by atoms with Crippen LogP contribution in [0.1, 0.15) is 5.69 Å². The van der Waals surface area contributed by atoms with Crippen LogP contribution < -0.4 is 0 Å². The van der Waals surface area contributed by atoms with Gasteiger partial charge in [-0.2, -0.15) is 0 Å². The third-order valence-electron chi connectivity index (χ3n) is 1.89. The van der Waals surface area contributed by atoms with Crippen LogP contribution in [0, 0.1) is 0 Å². The van der Waals surface area contributed by atoms with Crippen molar-refractivity contribution in [2.75, 3.05) is 26.3 Å². The summed E-state index contributed by atoms with van der Waals surface area (Å²) in [5, 5.41) is 18.0.